The second kappa shape index (κ2) is 5.41. The van der Waals surface area contributed by atoms with Crippen molar-refractivity contribution in [2.75, 3.05) is 13.7 Å². The Balaban J connectivity index is 2.66. The molecule has 0 aliphatic heterocycles. The molecule has 6 heteroatoms. The van der Waals surface area contributed by atoms with Gasteiger partial charge in [0.15, 0.2) is 0 Å². The third-order valence-corrected chi connectivity index (χ3v) is 1.26. The smallest absolute Gasteiger partial charge is 0.316 e. The maximum Gasteiger partial charge on any atom is 0.316 e. The average Bonchev–Trinajstić information content (AvgIpc) is 2.25. The molecule has 0 saturated heterocycles. The number of rotatable bonds is 2. The van der Waals surface area contributed by atoms with Gasteiger partial charge in [-0.3, -0.25) is 0 Å². The summed E-state index contributed by atoms with van der Waals surface area (Å²) in [6, 6.07) is 0.297. The van der Waals surface area contributed by atoms with Gasteiger partial charge < -0.3 is 4.74 Å². The summed E-state index contributed by atoms with van der Waals surface area (Å²) in [7, 11) is 1.49. The zero-order valence-corrected chi connectivity index (χ0v) is 7.51. The maximum absolute atomic E-state index is 7.98. The third kappa shape index (κ3) is 3.01. The molecule has 0 aromatic carbocycles. The zero-order chi connectivity index (χ0) is 10.2. The number of methoxy groups -OCH3 is 1. The highest BCUT2D eigenvalue weighted by molar-refractivity contribution is 5.30. The molecule has 70 valence electrons. The fourth-order valence-electron chi connectivity index (χ4n) is 0.695. The summed E-state index contributed by atoms with van der Waals surface area (Å²) in [5.74, 6) is 5.38. The molecule has 0 aliphatic carbocycles. The number of nitrogens with zero attached hydrogens (tertiary/aromatic N) is 5. The van der Waals surface area contributed by atoms with Crippen LogP contribution in [0.1, 0.15) is 5.56 Å². The van der Waals surface area contributed by atoms with Crippen LogP contribution in [0.3, 0.4) is 0 Å². The minimum Gasteiger partial charge on any atom is -0.467 e. The van der Waals surface area contributed by atoms with Crippen molar-refractivity contribution < 1.29 is 4.74 Å². The van der Waals surface area contributed by atoms with Gasteiger partial charge in [-0.25, -0.2) is 9.97 Å². The SMILES string of the molecule is COc1ncc(C#CCN=[N+]=[N-])cn1. The van der Waals surface area contributed by atoms with Gasteiger partial charge in [0.25, 0.3) is 0 Å². The van der Waals surface area contributed by atoms with E-state index in [0.29, 0.717) is 11.6 Å². The molecule has 0 amide bonds. The average molecular weight is 189 g/mol. The Morgan fingerprint density at radius 1 is 1.57 bits per heavy atom. The fraction of sp³-hybridized carbons (Fsp3) is 0.250. The standard InChI is InChI=1S/C8H7N5O/c1-14-8-10-5-7(6-11-8)3-2-4-12-13-9/h5-6H,4H2,1H3. The van der Waals surface area contributed by atoms with Gasteiger partial charge in [0.05, 0.1) is 19.2 Å². The number of azide groups is 1. The van der Waals surface area contributed by atoms with Gasteiger partial charge in [-0.15, -0.1) is 0 Å². The molecule has 6 nitrogen and oxygen atoms in total. The lowest BCUT2D eigenvalue weighted by molar-refractivity contribution is 0.379. The lowest BCUT2D eigenvalue weighted by Gasteiger charge is -1.94. The van der Waals surface area contributed by atoms with Crippen molar-refractivity contribution in [3.05, 3.63) is 28.4 Å². The summed E-state index contributed by atoms with van der Waals surface area (Å²) < 4.78 is 4.78. The molecule has 14 heavy (non-hydrogen) atoms. The van der Waals surface area contributed by atoms with Crippen molar-refractivity contribution in [3.8, 4) is 17.9 Å². The summed E-state index contributed by atoms with van der Waals surface area (Å²) in [6.07, 6.45) is 3.07. The van der Waals surface area contributed by atoms with Gasteiger partial charge in [0, 0.05) is 17.3 Å². The van der Waals surface area contributed by atoms with Crippen LogP contribution in [0.5, 0.6) is 6.01 Å². The highest BCUT2D eigenvalue weighted by Gasteiger charge is 1.92. The predicted octanol–water partition coefficient (Wildman–Crippen LogP) is 1.15. The van der Waals surface area contributed by atoms with E-state index in [1.54, 1.807) is 0 Å². The van der Waals surface area contributed by atoms with E-state index in [9.17, 15) is 0 Å². The van der Waals surface area contributed by atoms with Crippen LogP contribution in [0.4, 0.5) is 0 Å². The molecule has 0 N–H and O–H groups in total. The Labute approximate surface area is 80.6 Å². The number of ether oxygens (including phenoxy) is 1. The fourth-order valence-corrected chi connectivity index (χ4v) is 0.695. The Morgan fingerprint density at radius 2 is 2.29 bits per heavy atom. The Bertz CT molecular complexity index is 396. The summed E-state index contributed by atoms with van der Waals surface area (Å²) in [5, 5.41) is 3.26. The van der Waals surface area contributed by atoms with Gasteiger partial charge in [0.1, 0.15) is 0 Å². The van der Waals surface area contributed by atoms with Gasteiger partial charge >= 0.3 is 6.01 Å². The number of aromatic nitrogens is 2. The van der Waals surface area contributed by atoms with E-state index in [0.717, 1.165) is 0 Å². The molecule has 1 aromatic rings. The van der Waals surface area contributed by atoms with E-state index >= 15 is 0 Å². The van der Waals surface area contributed by atoms with Crippen molar-refractivity contribution in [1.29, 1.82) is 0 Å². The second-order valence-corrected chi connectivity index (χ2v) is 2.15. The Morgan fingerprint density at radius 3 is 2.86 bits per heavy atom. The van der Waals surface area contributed by atoms with Gasteiger partial charge in [-0.2, -0.15) is 0 Å². The van der Waals surface area contributed by atoms with Crippen molar-refractivity contribution in [2.45, 2.75) is 0 Å². The normalized spacial score (nSPS) is 8.07. The molecule has 0 atom stereocenters. The Hall–Kier alpha value is -2.25. The van der Waals surface area contributed by atoms with Gasteiger partial charge in [-0.05, 0) is 5.53 Å². The van der Waals surface area contributed by atoms with E-state index in [4.69, 9.17) is 10.3 Å². The molecule has 0 fully saturated rings. The van der Waals surface area contributed by atoms with E-state index in [1.165, 1.54) is 19.5 Å². The molecule has 0 unspecified atom stereocenters. The van der Waals surface area contributed by atoms with Crippen LogP contribution in [-0.4, -0.2) is 23.6 Å². The number of hydrogen-bond donors (Lipinski definition) is 0. The minimum atomic E-state index is 0.141. The third-order valence-electron chi connectivity index (χ3n) is 1.26. The van der Waals surface area contributed by atoms with Crippen molar-refractivity contribution >= 4 is 0 Å². The first kappa shape index (κ1) is 9.84. The van der Waals surface area contributed by atoms with E-state index < -0.39 is 0 Å². The van der Waals surface area contributed by atoms with Crippen LogP contribution in [-0.2, 0) is 0 Å². The molecular formula is C8H7N5O. The predicted molar refractivity (Wildman–Crippen MR) is 49.5 cm³/mol. The van der Waals surface area contributed by atoms with Crippen LogP contribution >= 0.6 is 0 Å². The van der Waals surface area contributed by atoms with Crippen LogP contribution in [0.2, 0.25) is 0 Å². The van der Waals surface area contributed by atoms with Crippen LogP contribution < -0.4 is 4.74 Å². The van der Waals surface area contributed by atoms with E-state index in [-0.39, 0.29) is 6.54 Å². The highest BCUT2D eigenvalue weighted by atomic mass is 16.5. The first-order valence-corrected chi connectivity index (χ1v) is 3.72. The van der Waals surface area contributed by atoms with Crippen LogP contribution in [0, 0.1) is 11.8 Å². The summed E-state index contributed by atoms with van der Waals surface area (Å²) in [6.45, 7) is 0.141. The molecule has 0 saturated carbocycles. The summed E-state index contributed by atoms with van der Waals surface area (Å²) in [4.78, 5) is 10.3. The summed E-state index contributed by atoms with van der Waals surface area (Å²) >= 11 is 0. The quantitative estimate of drug-likeness (QED) is 0.302. The molecular weight excluding hydrogens is 182 g/mol. The van der Waals surface area contributed by atoms with Crippen molar-refractivity contribution in [2.24, 2.45) is 5.11 Å². The maximum atomic E-state index is 7.98. The highest BCUT2D eigenvalue weighted by Crippen LogP contribution is 1.99. The molecule has 0 bridgehead atoms. The second-order valence-electron chi connectivity index (χ2n) is 2.15. The molecule has 0 radical (unpaired) electrons. The summed E-state index contributed by atoms with van der Waals surface area (Å²) in [5.41, 5.74) is 8.63. The number of hydrogen-bond acceptors (Lipinski definition) is 4. The van der Waals surface area contributed by atoms with E-state index in [1.807, 2.05) is 0 Å². The molecule has 1 rings (SSSR count). The van der Waals surface area contributed by atoms with Crippen LogP contribution in [0.15, 0.2) is 17.5 Å². The minimum absolute atomic E-state index is 0.141. The monoisotopic (exact) mass is 189 g/mol. The first-order chi connectivity index (χ1) is 6.86. The molecule has 0 aliphatic rings. The van der Waals surface area contributed by atoms with Crippen molar-refractivity contribution in [3.63, 3.8) is 0 Å². The lowest BCUT2D eigenvalue weighted by atomic mass is 10.3. The zero-order valence-electron chi connectivity index (χ0n) is 7.51. The van der Waals surface area contributed by atoms with Crippen LogP contribution in [0.25, 0.3) is 10.4 Å². The van der Waals surface area contributed by atoms with Gasteiger partial charge in [-0.1, -0.05) is 17.0 Å². The Kier molecular flexibility index (Phi) is 3.80. The first-order valence-electron chi connectivity index (χ1n) is 3.72. The largest absolute Gasteiger partial charge is 0.467 e. The lowest BCUT2D eigenvalue weighted by Crippen LogP contribution is -1.91. The molecule has 0 spiro atoms. The molecule has 1 aromatic heterocycles. The van der Waals surface area contributed by atoms with Crippen molar-refractivity contribution in [1.82, 2.24) is 9.97 Å². The van der Waals surface area contributed by atoms with Gasteiger partial charge in [0.2, 0.25) is 0 Å². The van der Waals surface area contributed by atoms with E-state index in [2.05, 4.69) is 31.8 Å². The topological polar surface area (TPSA) is 83.8 Å². The molecule has 1 heterocycles.